The Balaban J connectivity index is 1.49. The number of dihydropyridines is 1. The molecule has 178 valence electrons. The third-order valence-electron chi connectivity index (χ3n) is 7.52. The molecule has 0 bridgehead atoms. The van der Waals surface area contributed by atoms with Gasteiger partial charge in [-0.3, -0.25) is 4.79 Å². The van der Waals surface area contributed by atoms with Gasteiger partial charge in [-0.15, -0.1) is 0 Å². The van der Waals surface area contributed by atoms with Crippen LogP contribution in [-0.2, 0) is 11.2 Å². The fourth-order valence-corrected chi connectivity index (χ4v) is 5.74. The van der Waals surface area contributed by atoms with Gasteiger partial charge >= 0.3 is 5.97 Å². The van der Waals surface area contributed by atoms with Crippen molar-refractivity contribution in [2.24, 2.45) is 5.41 Å². The van der Waals surface area contributed by atoms with Crippen molar-refractivity contribution in [2.45, 2.75) is 65.3 Å². The summed E-state index contributed by atoms with van der Waals surface area (Å²) < 4.78 is 5.44. The smallest absolute Gasteiger partial charge is 0.307 e. The van der Waals surface area contributed by atoms with Crippen molar-refractivity contribution in [2.75, 3.05) is 6.54 Å². The summed E-state index contributed by atoms with van der Waals surface area (Å²) in [4.78, 5) is 13.5. The normalized spacial score (nSPS) is 21.3. The van der Waals surface area contributed by atoms with Crippen molar-refractivity contribution in [3.63, 3.8) is 0 Å². The molecule has 0 spiro atoms. The number of benzene rings is 1. The standard InChI is InChI=1S/C28H33N3O3/c1-18-26(19(2)34-30-18)22-14-24-27(29-15-22)23(21-9-7-20(8-10-21)13-25(32)33)16-31(24)17-28(3)11-5-4-6-12-28/h7-10,14-16,27,29H,4-6,11-13,17H2,1-3H3,(H,32,33). The second kappa shape index (κ2) is 8.82. The highest BCUT2D eigenvalue weighted by Gasteiger charge is 2.37. The van der Waals surface area contributed by atoms with Crippen LogP contribution in [0, 0.1) is 19.3 Å². The number of carboxylic acids is 1. The highest BCUT2D eigenvalue weighted by atomic mass is 16.5. The molecule has 2 N–H and O–H groups in total. The molecule has 2 aromatic rings. The van der Waals surface area contributed by atoms with E-state index in [0.29, 0.717) is 5.41 Å². The lowest BCUT2D eigenvalue weighted by Gasteiger charge is -2.38. The summed E-state index contributed by atoms with van der Waals surface area (Å²) in [6, 6.07) is 7.99. The van der Waals surface area contributed by atoms with Crippen molar-refractivity contribution in [3.05, 3.63) is 76.6 Å². The molecule has 5 rings (SSSR count). The molecule has 1 fully saturated rings. The molecular weight excluding hydrogens is 426 g/mol. The average molecular weight is 460 g/mol. The van der Waals surface area contributed by atoms with E-state index in [9.17, 15) is 4.79 Å². The molecule has 1 saturated carbocycles. The first-order valence-corrected chi connectivity index (χ1v) is 12.2. The summed E-state index contributed by atoms with van der Waals surface area (Å²) in [5.74, 6) is 0.0164. The molecule has 0 saturated heterocycles. The van der Waals surface area contributed by atoms with E-state index in [1.807, 2.05) is 38.1 Å². The number of carboxylic acid groups (broad SMARTS) is 1. The Morgan fingerprint density at radius 2 is 1.94 bits per heavy atom. The third kappa shape index (κ3) is 4.29. The molecule has 34 heavy (non-hydrogen) atoms. The van der Waals surface area contributed by atoms with Crippen molar-refractivity contribution in [1.29, 1.82) is 0 Å². The van der Waals surface area contributed by atoms with Crippen molar-refractivity contribution >= 4 is 17.1 Å². The Hall–Kier alpha value is -3.28. The lowest BCUT2D eigenvalue weighted by Crippen LogP contribution is -2.37. The van der Waals surface area contributed by atoms with Gasteiger partial charge < -0.3 is 19.8 Å². The second-order valence-electron chi connectivity index (χ2n) is 10.3. The lowest BCUT2D eigenvalue weighted by molar-refractivity contribution is -0.136. The lowest BCUT2D eigenvalue weighted by atomic mass is 9.75. The molecule has 1 aromatic carbocycles. The van der Waals surface area contributed by atoms with E-state index in [4.69, 9.17) is 9.63 Å². The van der Waals surface area contributed by atoms with Gasteiger partial charge in [0.25, 0.3) is 0 Å². The molecule has 3 heterocycles. The first-order chi connectivity index (χ1) is 16.3. The second-order valence-corrected chi connectivity index (χ2v) is 10.3. The van der Waals surface area contributed by atoms with Crippen LogP contribution in [0.4, 0.5) is 0 Å². The molecule has 1 atom stereocenters. The molecule has 0 radical (unpaired) electrons. The number of aliphatic carboxylic acids is 1. The molecule has 1 aliphatic carbocycles. The zero-order valence-electron chi connectivity index (χ0n) is 20.2. The maximum Gasteiger partial charge on any atom is 0.307 e. The van der Waals surface area contributed by atoms with Crippen LogP contribution >= 0.6 is 0 Å². The largest absolute Gasteiger partial charge is 0.481 e. The summed E-state index contributed by atoms with van der Waals surface area (Å²) in [6.07, 6.45) is 13.1. The molecule has 3 aliphatic rings. The fourth-order valence-electron chi connectivity index (χ4n) is 5.74. The van der Waals surface area contributed by atoms with Crippen LogP contribution in [0.1, 0.15) is 67.2 Å². The summed E-state index contributed by atoms with van der Waals surface area (Å²) in [5.41, 5.74) is 7.71. The van der Waals surface area contributed by atoms with Gasteiger partial charge in [0.15, 0.2) is 0 Å². The summed E-state index contributed by atoms with van der Waals surface area (Å²) in [7, 11) is 0. The number of aromatic nitrogens is 1. The molecule has 6 nitrogen and oxygen atoms in total. The summed E-state index contributed by atoms with van der Waals surface area (Å²) in [6.45, 7) is 7.36. The van der Waals surface area contributed by atoms with E-state index in [1.54, 1.807) is 0 Å². The predicted octanol–water partition coefficient (Wildman–Crippen LogP) is 5.44. The van der Waals surface area contributed by atoms with E-state index >= 15 is 0 Å². The third-order valence-corrected chi connectivity index (χ3v) is 7.52. The van der Waals surface area contributed by atoms with Crippen LogP contribution in [0.2, 0.25) is 0 Å². The van der Waals surface area contributed by atoms with E-state index in [1.165, 1.54) is 43.4 Å². The summed E-state index contributed by atoms with van der Waals surface area (Å²) in [5, 5.41) is 16.9. The van der Waals surface area contributed by atoms with Gasteiger partial charge in [-0.1, -0.05) is 55.6 Å². The monoisotopic (exact) mass is 459 g/mol. The fraction of sp³-hybridized carbons (Fsp3) is 0.429. The maximum atomic E-state index is 11.1. The number of hydrogen-bond acceptors (Lipinski definition) is 5. The average Bonchev–Trinajstić information content (AvgIpc) is 3.33. The quantitative estimate of drug-likeness (QED) is 0.599. The van der Waals surface area contributed by atoms with Crippen LogP contribution < -0.4 is 5.32 Å². The Labute approximate surface area is 201 Å². The number of carbonyl (C=O) groups is 1. The Morgan fingerprint density at radius 3 is 2.59 bits per heavy atom. The van der Waals surface area contributed by atoms with Gasteiger partial charge in [0, 0.05) is 41.4 Å². The van der Waals surface area contributed by atoms with E-state index in [2.05, 4.69) is 40.8 Å². The number of allylic oxidation sites excluding steroid dienone is 2. The maximum absolute atomic E-state index is 11.1. The van der Waals surface area contributed by atoms with E-state index in [0.717, 1.165) is 40.3 Å². The minimum Gasteiger partial charge on any atom is -0.481 e. The zero-order chi connectivity index (χ0) is 23.9. The number of nitrogens with one attached hydrogen (secondary N) is 1. The number of aryl methyl sites for hydroxylation is 2. The number of fused-ring (bicyclic) bond motifs is 1. The minimum atomic E-state index is -0.809. The van der Waals surface area contributed by atoms with Gasteiger partial charge in [-0.2, -0.15) is 0 Å². The summed E-state index contributed by atoms with van der Waals surface area (Å²) >= 11 is 0. The van der Waals surface area contributed by atoms with E-state index < -0.39 is 5.97 Å². The minimum absolute atomic E-state index is 0.0418. The van der Waals surface area contributed by atoms with Gasteiger partial charge in [-0.25, -0.2) is 0 Å². The van der Waals surface area contributed by atoms with Gasteiger partial charge in [0.2, 0.25) is 0 Å². The molecular formula is C28H33N3O3. The zero-order valence-corrected chi connectivity index (χ0v) is 20.2. The van der Waals surface area contributed by atoms with Gasteiger partial charge in [0.1, 0.15) is 5.76 Å². The van der Waals surface area contributed by atoms with Gasteiger partial charge in [0.05, 0.1) is 18.2 Å². The first kappa shape index (κ1) is 22.5. The molecule has 6 heteroatoms. The van der Waals surface area contributed by atoms with Crippen molar-refractivity contribution in [3.8, 4) is 0 Å². The van der Waals surface area contributed by atoms with Crippen LogP contribution in [0.3, 0.4) is 0 Å². The van der Waals surface area contributed by atoms with Crippen LogP contribution in [0.15, 0.2) is 53.0 Å². The van der Waals surface area contributed by atoms with Crippen molar-refractivity contribution in [1.82, 2.24) is 15.4 Å². The molecule has 2 aliphatic heterocycles. The number of hydrogen-bond donors (Lipinski definition) is 2. The molecule has 1 unspecified atom stereocenters. The van der Waals surface area contributed by atoms with Crippen molar-refractivity contribution < 1.29 is 14.4 Å². The van der Waals surface area contributed by atoms with Crippen LogP contribution in [0.25, 0.3) is 11.1 Å². The van der Waals surface area contributed by atoms with Gasteiger partial charge in [-0.05, 0) is 49.3 Å². The Kier molecular flexibility index (Phi) is 5.84. The predicted molar refractivity (Wildman–Crippen MR) is 133 cm³/mol. The topological polar surface area (TPSA) is 78.6 Å². The van der Waals surface area contributed by atoms with E-state index in [-0.39, 0.29) is 12.5 Å². The molecule has 0 amide bonds. The number of rotatable bonds is 6. The highest BCUT2D eigenvalue weighted by Crippen LogP contribution is 2.43. The Bertz CT molecular complexity index is 1160. The van der Waals surface area contributed by atoms with Crippen LogP contribution in [-0.4, -0.2) is 33.7 Å². The Morgan fingerprint density at radius 1 is 1.21 bits per heavy atom. The highest BCUT2D eigenvalue weighted by molar-refractivity contribution is 5.84. The van der Waals surface area contributed by atoms with Crippen LogP contribution in [0.5, 0.6) is 0 Å². The first-order valence-electron chi connectivity index (χ1n) is 12.2. The molecule has 1 aromatic heterocycles. The SMILES string of the molecule is Cc1noc(C)c1C1=CNC2C(c3ccc(CC(=O)O)cc3)=CN(CC3(C)CCCCC3)C2=C1. The number of nitrogens with zero attached hydrogens (tertiary/aromatic N) is 2.